The Kier molecular flexibility index (Phi) is 7.81. The van der Waals surface area contributed by atoms with Crippen LogP contribution in [0.15, 0.2) is 24.3 Å². The van der Waals surface area contributed by atoms with Gasteiger partial charge in [0.1, 0.15) is 0 Å². The average molecular weight is 310 g/mol. The summed E-state index contributed by atoms with van der Waals surface area (Å²) in [5.74, 6) is 1.84. The Morgan fingerprint density at radius 2 is 1.48 bits per heavy atom. The summed E-state index contributed by atoms with van der Waals surface area (Å²) in [5.41, 5.74) is 1.81. The molecule has 0 N–H and O–H groups in total. The molecule has 0 aliphatic carbocycles. The number of nitrogens with zero attached hydrogens (tertiary/aromatic N) is 1. The molecule has 0 saturated carbocycles. The molecule has 0 heterocycles. The molecule has 2 nitrogen and oxygen atoms in total. The van der Waals surface area contributed by atoms with Gasteiger partial charge >= 0.3 is 0 Å². The number of rotatable bonds is 8. The van der Waals surface area contributed by atoms with Gasteiger partial charge in [0.05, 0.1) is 0 Å². The summed E-state index contributed by atoms with van der Waals surface area (Å²) < 4.78 is 0. The van der Waals surface area contributed by atoms with Crippen LogP contribution in [0.3, 0.4) is 0 Å². The third kappa shape index (κ3) is 6.52. The Balaban J connectivity index is 2.75. The van der Waals surface area contributed by atoms with Crippen LogP contribution in [0.5, 0.6) is 0 Å². The van der Waals surface area contributed by atoms with E-state index in [4.69, 9.17) is 11.6 Å². The maximum atomic E-state index is 12.7. The van der Waals surface area contributed by atoms with Crippen LogP contribution in [0.2, 0.25) is 0 Å². The molecule has 0 atom stereocenters. The number of carbonyl (C=O) groups excluding carboxylic acids is 1. The zero-order chi connectivity index (χ0) is 15.8. The van der Waals surface area contributed by atoms with Gasteiger partial charge in [0.2, 0.25) is 0 Å². The Hall–Kier alpha value is -1.02. The molecule has 0 aromatic heterocycles. The summed E-state index contributed by atoms with van der Waals surface area (Å²) in [6.45, 7) is 10.4. The van der Waals surface area contributed by atoms with Crippen molar-refractivity contribution in [1.82, 2.24) is 4.90 Å². The van der Waals surface area contributed by atoms with Crippen LogP contribution in [-0.2, 0) is 5.88 Å². The van der Waals surface area contributed by atoms with Crippen molar-refractivity contribution in [3.8, 4) is 0 Å². The van der Waals surface area contributed by atoms with E-state index in [2.05, 4.69) is 27.7 Å². The van der Waals surface area contributed by atoms with Crippen LogP contribution in [0, 0.1) is 11.8 Å². The molecule has 0 saturated heterocycles. The minimum absolute atomic E-state index is 0.137. The molecule has 0 radical (unpaired) electrons. The summed E-state index contributed by atoms with van der Waals surface area (Å²) in [5, 5.41) is 0. The zero-order valence-electron chi connectivity index (χ0n) is 13.7. The molecule has 1 amide bonds. The molecular formula is C18H28ClNO. The van der Waals surface area contributed by atoms with Crippen molar-refractivity contribution >= 4 is 17.5 Å². The van der Waals surface area contributed by atoms with E-state index in [0.29, 0.717) is 17.7 Å². The Bertz CT molecular complexity index is 413. The maximum Gasteiger partial charge on any atom is 0.253 e. The molecule has 0 spiro atoms. The van der Waals surface area contributed by atoms with Gasteiger partial charge in [-0.2, -0.15) is 0 Å². The molecule has 118 valence electrons. The zero-order valence-corrected chi connectivity index (χ0v) is 14.5. The number of hydrogen-bond donors (Lipinski definition) is 0. The average Bonchev–Trinajstić information content (AvgIpc) is 2.46. The Morgan fingerprint density at radius 1 is 1.00 bits per heavy atom. The van der Waals surface area contributed by atoms with E-state index in [-0.39, 0.29) is 5.91 Å². The van der Waals surface area contributed by atoms with Gasteiger partial charge in [0.25, 0.3) is 5.91 Å². The topological polar surface area (TPSA) is 20.3 Å². The molecule has 0 aliphatic heterocycles. The van der Waals surface area contributed by atoms with Gasteiger partial charge in [-0.25, -0.2) is 0 Å². The second kappa shape index (κ2) is 9.09. The Labute approximate surface area is 134 Å². The molecule has 0 fully saturated rings. The van der Waals surface area contributed by atoms with Gasteiger partial charge < -0.3 is 4.90 Å². The second-order valence-electron chi connectivity index (χ2n) is 6.49. The van der Waals surface area contributed by atoms with E-state index in [9.17, 15) is 4.79 Å². The molecule has 3 heteroatoms. The normalized spacial score (nSPS) is 11.2. The van der Waals surface area contributed by atoms with Crippen molar-refractivity contribution in [2.24, 2.45) is 11.8 Å². The van der Waals surface area contributed by atoms with E-state index >= 15 is 0 Å². The molecule has 21 heavy (non-hydrogen) atoms. The van der Waals surface area contributed by atoms with Gasteiger partial charge in [0, 0.05) is 24.5 Å². The second-order valence-corrected chi connectivity index (χ2v) is 6.76. The van der Waals surface area contributed by atoms with Crippen LogP contribution in [0.1, 0.15) is 56.5 Å². The van der Waals surface area contributed by atoms with Gasteiger partial charge in [0.15, 0.2) is 0 Å². The molecule has 0 aliphatic rings. The van der Waals surface area contributed by atoms with Crippen molar-refractivity contribution in [2.75, 3.05) is 13.1 Å². The van der Waals surface area contributed by atoms with E-state index in [1.807, 2.05) is 29.2 Å². The third-order valence-electron chi connectivity index (χ3n) is 3.60. The largest absolute Gasteiger partial charge is 0.339 e. The van der Waals surface area contributed by atoms with Crippen LogP contribution in [-0.4, -0.2) is 23.9 Å². The fourth-order valence-electron chi connectivity index (χ4n) is 2.06. The highest BCUT2D eigenvalue weighted by molar-refractivity contribution is 6.17. The number of halogens is 1. The number of amides is 1. The molecule has 0 unspecified atom stereocenters. The quantitative estimate of drug-likeness (QED) is 0.621. The number of hydrogen-bond acceptors (Lipinski definition) is 1. The van der Waals surface area contributed by atoms with Crippen molar-refractivity contribution in [2.45, 2.75) is 46.4 Å². The smallest absolute Gasteiger partial charge is 0.253 e. The summed E-state index contributed by atoms with van der Waals surface area (Å²) in [6.07, 6.45) is 2.09. The first-order valence-corrected chi connectivity index (χ1v) is 8.41. The van der Waals surface area contributed by atoms with Crippen LogP contribution >= 0.6 is 11.6 Å². The molecule has 1 aromatic rings. The first-order valence-electron chi connectivity index (χ1n) is 7.88. The Morgan fingerprint density at radius 3 is 1.86 bits per heavy atom. The van der Waals surface area contributed by atoms with E-state index in [1.54, 1.807) is 0 Å². The van der Waals surface area contributed by atoms with Crippen LogP contribution < -0.4 is 0 Å². The molecule has 1 rings (SSSR count). The first-order chi connectivity index (χ1) is 9.93. The van der Waals surface area contributed by atoms with Crippen molar-refractivity contribution in [3.63, 3.8) is 0 Å². The number of benzene rings is 1. The maximum absolute atomic E-state index is 12.7. The molecule has 1 aromatic carbocycles. The van der Waals surface area contributed by atoms with Gasteiger partial charge in [-0.1, -0.05) is 39.8 Å². The molecule has 0 bridgehead atoms. The minimum atomic E-state index is 0.137. The van der Waals surface area contributed by atoms with Crippen LogP contribution in [0.25, 0.3) is 0 Å². The first kappa shape index (κ1) is 18.0. The lowest BCUT2D eigenvalue weighted by Gasteiger charge is -2.24. The molecular weight excluding hydrogens is 282 g/mol. The number of carbonyl (C=O) groups is 1. The summed E-state index contributed by atoms with van der Waals surface area (Å²) in [4.78, 5) is 14.7. The summed E-state index contributed by atoms with van der Waals surface area (Å²) >= 11 is 5.80. The highest BCUT2D eigenvalue weighted by Gasteiger charge is 2.16. The van der Waals surface area contributed by atoms with Crippen LogP contribution in [0.4, 0.5) is 0 Å². The predicted molar refractivity (Wildman–Crippen MR) is 90.8 cm³/mol. The fraction of sp³-hybridized carbons (Fsp3) is 0.611. The SMILES string of the molecule is CC(C)CCN(CCC(C)C)C(=O)c1ccc(CCl)cc1. The van der Waals surface area contributed by atoms with Gasteiger partial charge in [-0.3, -0.25) is 4.79 Å². The standard InChI is InChI=1S/C18H28ClNO/c1-14(2)9-11-20(12-10-15(3)4)18(21)17-7-5-16(13-19)6-8-17/h5-8,14-15H,9-13H2,1-4H3. The lowest BCUT2D eigenvalue weighted by molar-refractivity contribution is 0.0741. The van der Waals surface area contributed by atoms with Crippen molar-refractivity contribution in [3.05, 3.63) is 35.4 Å². The van der Waals surface area contributed by atoms with Gasteiger partial charge in [-0.05, 0) is 42.4 Å². The van der Waals surface area contributed by atoms with E-state index < -0.39 is 0 Å². The third-order valence-corrected chi connectivity index (χ3v) is 3.90. The lowest BCUT2D eigenvalue weighted by Crippen LogP contribution is -2.34. The fourth-order valence-corrected chi connectivity index (χ4v) is 2.24. The van der Waals surface area contributed by atoms with Gasteiger partial charge in [-0.15, -0.1) is 11.6 Å². The number of alkyl halides is 1. The summed E-state index contributed by atoms with van der Waals surface area (Å²) in [7, 11) is 0. The highest BCUT2D eigenvalue weighted by atomic mass is 35.5. The van der Waals surface area contributed by atoms with E-state index in [0.717, 1.165) is 37.1 Å². The van der Waals surface area contributed by atoms with E-state index in [1.165, 1.54) is 0 Å². The monoisotopic (exact) mass is 309 g/mol. The van der Waals surface area contributed by atoms with Crippen molar-refractivity contribution < 1.29 is 4.79 Å². The highest BCUT2D eigenvalue weighted by Crippen LogP contribution is 2.13. The van der Waals surface area contributed by atoms with Crippen molar-refractivity contribution in [1.29, 1.82) is 0 Å². The lowest BCUT2D eigenvalue weighted by atomic mass is 10.1. The predicted octanol–water partition coefficient (Wildman–Crippen LogP) is 4.96. The summed E-state index contributed by atoms with van der Waals surface area (Å²) in [6, 6.07) is 7.64. The minimum Gasteiger partial charge on any atom is -0.339 e.